The van der Waals surface area contributed by atoms with Crippen molar-refractivity contribution in [3.8, 4) is 23.0 Å². The standard InChI is InChI=1S/C25H26ClNO6/c1-4-33-22-11-15(7-17(26)25(22)30)16-12-23(29)27-18-8-14(9-19(28)24(16)18)13-5-6-20(31-2)21(10-13)32-3/h5-7,10-11,14,16,30H,4,8-9,12H2,1-3H3,(H,27,29). The molecule has 2 aromatic rings. The number of amides is 1. The zero-order chi connectivity index (χ0) is 23.7. The van der Waals surface area contributed by atoms with E-state index in [1.165, 1.54) is 0 Å². The second-order valence-corrected chi connectivity index (χ2v) is 8.53. The number of hydrogen-bond donors (Lipinski definition) is 2. The first-order chi connectivity index (χ1) is 15.9. The summed E-state index contributed by atoms with van der Waals surface area (Å²) in [5.74, 6) is 0.547. The summed E-state index contributed by atoms with van der Waals surface area (Å²) >= 11 is 6.22. The number of ether oxygens (including phenoxy) is 3. The molecule has 1 amide bonds. The van der Waals surface area contributed by atoms with Crippen molar-refractivity contribution < 1.29 is 28.9 Å². The number of ketones is 1. The molecule has 33 heavy (non-hydrogen) atoms. The van der Waals surface area contributed by atoms with Crippen LogP contribution in [0.25, 0.3) is 0 Å². The van der Waals surface area contributed by atoms with Gasteiger partial charge in [-0.2, -0.15) is 0 Å². The Kier molecular flexibility index (Phi) is 6.51. The fourth-order valence-electron chi connectivity index (χ4n) is 4.65. The summed E-state index contributed by atoms with van der Waals surface area (Å²) in [4.78, 5) is 26.0. The van der Waals surface area contributed by atoms with Crippen molar-refractivity contribution in [2.45, 2.75) is 38.0 Å². The summed E-state index contributed by atoms with van der Waals surface area (Å²) in [5, 5.41) is 13.2. The second-order valence-electron chi connectivity index (χ2n) is 8.12. The molecule has 1 aliphatic heterocycles. The number of hydrogen-bond acceptors (Lipinski definition) is 6. The predicted molar refractivity (Wildman–Crippen MR) is 123 cm³/mol. The van der Waals surface area contributed by atoms with E-state index in [2.05, 4.69) is 5.32 Å². The van der Waals surface area contributed by atoms with Gasteiger partial charge in [0.1, 0.15) is 0 Å². The van der Waals surface area contributed by atoms with E-state index in [-0.39, 0.29) is 40.6 Å². The Labute approximate surface area is 197 Å². The van der Waals surface area contributed by atoms with Gasteiger partial charge in [0, 0.05) is 30.0 Å². The molecule has 2 atom stereocenters. The lowest BCUT2D eigenvalue weighted by molar-refractivity contribution is -0.122. The summed E-state index contributed by atoms with van der Waals surface area (Å²) in [5.41, 5.74) is 2.83. The molecule has 0 saturated carbocycles. The minimum atomic E-state index is -0.454. The van der Waals surface area contributed by atoms with Gasteiger partial charge in [0.15, 0.2) is 28.8 Å². The van der Waals surface area contributed by atoms with Crippen LogP contribution >= 0.6 is 11.6 Å². The van der Waals surface area contributed by atoms with Crippen molar-refractivity contribution in [3.63, 3.8) is 0 Å². The summed E-state index contributed by atoms with van der Waals surface area (Å²) in [7, 11) is 3.14. The number of rotatable bonds is 6. The predicted octanol–water partition coefficient (Wildman–Crippen LogP) is 4.47. The summed E-state index contributed by atoms with van der Waals surface area (Å²) in [6.07, 6.45) is 0.950. The maximum atomic E-state index is 13.4. The van der Waals surface area contributed by atoms with Gasteiger partial charge in [0.25, 0.3) is 0 Å². The van der Waals surface area contributed by atoms with Crippen LogP contribution in [0.1, 0.15) is 49.1 Å². The lowest BCUT2D eigenvalue weighted by Crippen LogP contribution is -2.38. The molecule has 174 valence electrons. The number of methoxy groups -OCH3 is 2. The van der Waals surface area contributed by atoms with Crippen molar-refractivity contribution in [3.05, 3.63) is 57.8 Å². The lowest BCUT2D eigenvalue weighted by atomic mass is 9.73. The molecule has 2 N–H and O–H groups in total. The maximum Gasteiger partial charge on any atom is 0.225 e. The van der Waals surface area contributed by atoms with E-state index in [4.69, 9.17) is 25.8 Å². The van der Waals surface area contributed by atoms with Crippen LogP contribution in [0.5, 0.6) is 23.0 Å². The highest BCUT2D eigenvalue weighted by atomic mass is 35.5. The zero-order valence-corrected chi connectivity index (χ0v) is 19.5. The van der Waals surface area contributed by atoms with Crippen molar-refractivity contribution in [1.29, 1.82) is 0 Å². The number of benzene rings is 2. The fraction of sp³-hybridized carbons (Fsp3) is 0.360. The summed E-state index contributed by atoms with van der Waals surface area (Å²) in [6, 6.07) is 8.87. The molecule has 0 fully saturated rings. The molecular formula is C25H26ClNO6. The quantitative estimate of drug-likeness (QED) is 0.645. The normalized spacial score (nSPS) is 20.2. The number of carbonyl (C=O) groups excluding carboxylic acids is 2. The molecule has 4 rings (SSSR count). The van der Waals surface area contributed by atoms with E-state index in [1.54, 1.807) is 33.3 Å². The molecule has 0 aromatic heterocycles. The average Bonchev–Trinajstić information content (AvgIpc) is 2.80. The van der Waals surface area contributed by atoms with Crippen LogP contribution in [0, 0.1) is 0 Å². The number of halogens is 1. The largest absolute Gasteiger partial charge is 0.503 e. The Morgan fingerprint density at radius 3 is 2.42 bits per heavy atom. The molecule has 8 heteroatoms. The van der Waals surface area contributed by atoms with Crippen LogP contribution in [0.3, 0.4) is 0 Å². The van der Waals surface area contributed by atoms with E-state index in [0.717, 1.165) is 5.56 Å². The number of aromatic hydroxyl groups is 1. The van der Waals surface area contributed by atoms with Gasteiger partial charge >= 0.3 is 0 Å². The molecule has 2 aromatic carbocycles. The minimum absolute atomic E-state index is 0.0248. The minimum Gasteiger partial charge on any atom is -0.503 e. The van der Waals surface area contributed by atoms with E-state index >= 15 is 0 Å². The Morgan fingerprint density at radius 2 is 1.73 bits per heavy atom. The van der Waals surface area contributed by atoms with Gasteiger partial charge in [0.2, 0.25) is 5.91 Å². The van der Waals surface area contributed by atoms with E-state index < -0.39 is 5.92 Å². The fourth-order valence-corrected chi connectivity index (χ4v) is 4.87. The van der Waals surface area contributed by atoms with Crippen molar-refractivity contribution in [2.75, 3.05) is 20.8 Å². The molecule has 0 bridgehead atoms. The molecule has 0 spiro atoms. The third-order valence-corrected chi connectivity index (χ3v) is 6.46. The number of phenols is 1. The summed E-state index contributed by atoms with van der Waals surface area (Å²) < 4.78 is 16.2. The first-order valence-corrected chi connectivity index (χ1v) is 11.2. The Hall–Kier alpha value is -3.19. The van der Waals surface area contributed by atoms with Crippen LogP contribution in [0.15, 0.2) is 41.6 Å². The molecule has 0 radical (unpaired) electrons. The van der Waals surface area contributed by atoms with Crippen molar-refractivity contribution in [1.82, 2.24) is 5.32 Å². The van der Waals surface area contributed by atoms with Gasteiger partial charge in [-0.15, -0.1) is 0 Å². The number of phenolic OH excluding ortho intramolecular Hbond substituents is 1. The van der Waals surface area contributed by atoms with Gasteiger partial charge in [-0.25, -0.2) is 0 Å². The number of allylic oxidation sites excluding steroid dienone is 2. The SMILES string of the molecule is CCOc1cc(C2CC(=O)NC3=C2C(=O)CC(c2ccc(OC)c(OC)c2)C3)cc(Cl)c1O. The van der Waals surface area contributed by atoms with Gasteiger partial charge in [0.05, 0.1) is 25.8 Å². The first-order valence-electron chi connectivity index (χ1n) is 10.8. The smallest absolute Gasteiger partial charge is 0.225 e. The van der Waals surface area contributed by atoms with Gasteiger partial charge in [-0.3, -0.25) is 9.59 Å². The van der Waals surface area contributed by atoms with Crippen LogP contribution < -0.4 is 19.5 Å². The number of Topliss-reactive ketones (excluding diaryl/α,β-unsaturated/α-hetero) is 1. The second kappa shape index (κ2) is 9.35. The van der Waals surface area contributed by atoms with E-state index in [9.17, 15) is 14.7 Å². The van der Waals surface area contributed by atoms with Crippen LogP contribution in [-0.2, 0) is 9.59 Å². The first kappa shape index (κ1) is 23.0. The highest BCUT2D eigenvalue weighted by Crippen LogP contribution is 2.46. The third kappa shape index (κ3) is 4.37. The summed E-state index contributed by atoms with van der Waals surface area (Å²) in [6.45, 7) is 2.14. The molecule has 0 saturated heterocycles. The van der Waals surface area contributed by atoms with E-state index in [1.807, 2.05) is 18.2 Å². The molecule has 1 aliphatic carbocycles. The van der Waals surface area contributed by atoms with Crippen molar-refractivity contribution in [2.24, 2.45) is 0 Å². The number of nitrogens with one attached hydrogen (secondary N) is 1. The molecule has 1 heterocycles. The Balaban J connectivity index is 1.71. The van der Waals surface area contributed by atoms with Gasteiger partial charge < -0.3 is 24.6 Å². The molecule has 2 unspecified atom stereocenters. The molecular weight excluding hydrogens is 446 g/mol. The third-order valence-electron chi connectivity index (χ3n) is 6.17. The number of carbonyl (C=O) groups is 2. The maximum absolute atomic E-state index is 13.4. The van der Waals surface area contributed by atoms with Gasteiger partial charge in [-0.1, -0.05) is 17.7 Å². The monoisotopic (exact) mass is 471 g/mol. The van der Waals surface area contributed by atoms with Crippen LogP contribution in [-0.4, -0.2) is 37.6 Å². The molecule has 7 nitrogen and oxygen atoms in total. The van der Waals surface area contributed by atoms with E-state index in [0.29, 0.717) is 47.8 Å². The topological polar surface area (TPSA) is 94.1 Å². The zero-order valence-electron chi connectivity index (χ0n) is 18.7. The highest BCUT2D eigenvalue weighted by molar-refractivity contribution is 6.32. The average molecular weight is 472 g/mol. The Bertz CT molecular complexity index is 1140. The van der Waals surface area contributed by atoms with Crippen molar-refractivity contribution >= 4 is 23.3 Å². The van der Waals surface area contributed by atoms with Gasteiger partial charge in [-0.05, 0) is 54.7 Å². The molecule has 2 aliphatic rings. The highest BCUT2D eigenvalue weighted by Gasteiger charge is 2.38. The van der Waals surface area contributed by atoms with Crippen LogP contribution in [0.2, 0.25) is 5.02 Å². The Morgan fingerprint density at radius 1 is 1.00 bits per heavy atom. The lowest BCUT2D eigenvalue weighted by Gasteiger charge is -2.34. The van der Waals surface area contributed by atoms with Crippen LogP contribution in [0.4, 0.5) is 0 Å².